The molecule has 0 aromatic heterocycles. The molecule has 0 unspecified atom stereocenters. The van der Waals surface area contributed by atoms with Gasteiger partial charge in [-0.05, 0) is 55.0 Å². The number of thiocarbonyl (C=S) groups is 1. The van der Waals surface area contributed by atoms with Crippen molar-refractivity contribution in [3.8, 4) is 5.75 Å². The number of nitrogens with one attached hydrogen (secondary N) is 2. The summed E-state index contributed by atoms with van der Waals surface area (Å²) in [5.74, 6) is 0.451. The number of carbonyl (C=O) groups excluding carboxylic acids is 1. The van der Waals surface area contributed by atoms with Gasteiger partial charge >= 0.3 is 5.97 Å². The molecule has 0 saturated carbocycles. The Morgan fingerprint density at radius 3 is 2.71 bits per heavy atom. The maximum absolute atomic E-state index is 11.5. The van der Waals surface area contributed by atoms with Gasteiger partial charge < -0.3 is 20.1 Å². The second-order valence-corrected chi connectivity index (χ2v) is 5.37. The predicted molar refractivity (Wildman–Crippen MR) is 98.5 cm³/mol. The minimum absolute atomic E-state index is 0.384. The monoisotopic (exact) mass is 344 g/mol. The fourth-order valence-electron chi connectivity index (χ4n) is 2.11. The summed E-state index contributed by atoms with van der Waals surface area (Å²) < 4.78 is 10.2. The Labute approximate surface area is 147 Å². The SMILES string of the molecule is CCOc1cccc(CNC(=S)Nc2cccc(C(=O)OC)c2)c1. The average molecular weight is 344 g/mol. The predicted octanol–water partition coefficient (Wildman–Crippen LogP) is 3.36. The Kier molecular flexibility index (Phi) is 6.57. The quantitative estimate of drug-likeness (QED) is 0.619. The van der Waals surface area contributed by atoms with Gasteiger partial charge in [0.25, 0.3) is 0 Å². The van der Waals surface area contributed by atoms with Crippen LogP contribution in [0.1, 0.15) is 22.8 Å². The van der Waals surface area contributed by atoms with Crippen LogP contribution >= 0.6 is 12.2 Å². The van der Waals surface area contributed by atoms with Crippen molar-refractivity contribution in [3.05, 3.63) is 59.7 Å². The van der Waals surface area contributed by atoms with Crippen molar-refractivity contribution in [2.45, 2.75) is 13.5 Å². The summed E-state index contributed by atoms with van der Waals surface area (Å²) in [4.78, 5) is 11.5. The molecule has 2 rings (SSSR count). The Hall–Kier alpha value is -2.60. The van der Waals surface area contributed by atoms with E-state index in [0.29, 0.717) is 23.8 Å². The summed E-state index contributed by atoms with van der Waals surface area (Å²) >= 11 is 5.29. The normalized spacial score (nSPS) is 9.92. The summed E-state index contributed by atoms with van der Waals surface area (Å²) in [7, 11) is 1.35. The minimum Gasteiger partial charge on any atom is -0.494 e. The number of rotatable bonds is 6. The number of hydrogen-bond acceptors (Lipinski definition) is 4. The molecule has 0 radical (unpaired) electrons. The fourth-order valence-corrected chi connectivity index (χ4v) is 2.30. The van der Waals surface area contributed by atoms with Gasteiger partial charge in [0.15, 0.2) is 5.11 Å². The Bertz CT molecular complexity index is 719. The lowest BCUT2D eigenvalue weighted by Crippen LogP contribution is -2.28. The first kappa shape index (κ1) is 17.7. The highest BCUT2D eigenvalue weighted by atomic mass is 32.1. The van der Waals surface area contributed by atoms with Crippen molar-refractivity contribution in [1.82, 2.24) is 5.32 Å². The number of carbonyl (C=O) groups is 1. The summed E-state index contributed by atoms with van der Waals surface area (Å²) in [6.07, 6.45) is 0. The van der Waals surface area contributed by atoms with E-state index < -0.39 is 0 Å². The maximum atomic E-state index is 11.5. The molecule has 2 aromatic carbocycles. The third kappa shape index (κ3) is 5.24. The number of anilines is 1. The van der Waals surface area contributed by atoms with Gasteiger partial charge in [-0.3, -0.25) is 0 Å². The van der Waals surface area contributed by atoms with E-state index in [-0.39, 0.29) is 5.97 Å². The van der Waals surface area contributed by atoms with Crippen LogP contribution in [0.3, 0.4) is 0 Å². The smallest absolute Gasteiger partial charge is 0.337 e. The number of benzene rings is 2. The van der Waals surface area contributed by atoms with E-state index in [0.717, 1.165) is 17.0 Å². The second kappa shape index (κ2) is 8.88. The highest BCUT2D eigenvalue weighted by molar-refractivity contribution is 7.80. The number of hydrogen-bond donors (Lipinski definition) is 2. The van der Waals surface area contributed by atoms with Crippen molar-refractivity contribution in [2.75, 3.05) is 19.0 Å². The van der Waals surface area contributed by atoms with Crippen molar-refractivity contribution in [2.24, 2.45) is 0 Å². The van der Waals surface area contributed by atoms with Crippen molar-refractivity contribution < 1.29 is 14.3 Å². The van der Waals surface area contributed by atoms with E-state index in [2.05, 4.69) is 10.6 Å². The van der Waals surface area contributed by atoms with E-state index in [1.807, 2.05) is 37.3 Å². The van der Waals surface area contributed by atoms with Gasteiger partial charge in [-0.25, -0.2) is 4.79 Å². The molecule has 2 N–H and O–H groups in total. The maximum Gasteiger partial charge on any atom is 0.337 e. The Balaban J connectivity index is 1.91. The molecule has 0 amide bonds. The standard InChI is InChI=1S/C18H20N2O3S/c1-3-23-16-9-4-6-13(10-16)12-19-18(24)20-15-8-5-7-14(11-15)17(21)22-2/h4-11H,3,12H2,1-2H3,(H2,19,20,24). The van der Waals surface area contributed by atoms with Crippen LogP contribution in [0.5, 0.6) is 5.75 Å². The zero-order valence-electron chi connectivity index (χ0n) is 13.7. The molecule has 0 atom stereocenters. The average Bonchev–Trinajstić information content (AvgIpc) is 2.60. The van der Waals surface area contributed by atoms with E-state index >= 15 is 0 Å². The fraction of sp³-hybridized carbons (Fsp3) is 0.222. The molecule has 2 aromatic rings. The van der Waals surface area contributed by atoms with Crippen LogP contribution in [0.15, 0.2) is 48.5 Å². The first-order valence-electron chi connectivity index (χ1n) is 7.57. The van der Waals surface area contributed by atoms with E-state index in [1.165, 1.54) is 7.11 Å². The highest BCUT2D eigenvalue weighted by Gasteiger charge is 2.06. The first-order valence-corrected chi connectivity index (χ1v) is 7.98. The van der Waals surface area contributed by atoms with E-state index in [4.69, 9.17) is 21.7 Å². The largest absolute Gasteiger partial charge is 0.494 e. The lowest BCUT2D eigenvalue weighted by atomic mass is 10.2. The molecular weight excluding hydrogens is 324 g/mol. The molecule has 0 fully saturated rings. The molecule has 5 nitrogen and oxygen atoms in total. The van der Waals surface area contributed by atoms with Crippen molar-refractivity contribution in [1.29, 1.82) is 0 Å². The summed E-state index contributed by atoms with van der Waals surface area (Å²) in [6.45, 7) is 3.16. The van der Waals surface area contributed by atoms with Gasteiger partial charge in [-0.1, -0.05) is 18.2 Å². The molecule has 126 valence electrons. The first-order chi connectivity index (χ1) is 11.6. The summed E-state index contributed by atoms with van der Waals surface area (Å²) in [5.41, 5.74) is 2.25. The Morgan fingerprint density at radius 2 is 1.96 bits per heavy atom. The molecule has 24 heavy (non-hydrogen) atoms. The van der Waals surface area contributed by atoms with Crippen LogP contribution in [0.2, 0.25) is 0 Å². The third-order valence-corrected chi connectivity index (χ3v) is 3.45. The van der Waals surface area contributed by atoms with Crippen LogP contribution < -0.4 is 15.4 Å². The minimum atomic E-state index is -0.384. The number of methoxy groups -OCH3 is 1. The summed E-state index contributed by atoms with van der Waals surface area (Å²) in [6, 6.07) is 14.8. The topological polar surface area (TPSA) is 59.6 Å². The summed E-state index contributed by atoms with van der Waals surface area (Å²) in [5, 5.41) is 6.65. The van der Waals surface area contributed by atoms with Crippen LogP contribution in [0.25, 0.3) is 0 Å². The number of ether oxygens (including phenoxy) is 2. The van der Waals surface area contributed by atoms with Gasteiger partial charge in [0.2, 0.25) is 0 Å². The second-order valence-electron chi connectivity index (χ2n) is 4.96. The van der Waals surface area contributed by atoms with Crippen LogP contribution in [-0.4, -0.2) is 24.8 Å². The highest BCUT2D eigenvalue weighted by Crippen LogP contribution is 2.14. The zero-order chi connectivity index (χ0) is 17.4. The molecular formula is C18H20N2O3S. The van der Waals surface area contributed by atoms with E-state index in [1.54, 1.807) is 18.2 Å². The molecule has 0 aliphatic rings. The molecule has 0 heterocycles. The lowest BCUT2D eigenvalue weighted by molar-refractivity contribution is 0.0601. The lowest BCUT2D eigenvalue weighted by Gasteiger charge is -2.12. The zero-order valence-corrected chi connectivity index (χ0v) is 14.5. The van der Waals surface area contributed by atoms with Gasteiger partial charge in [-0.15, -0.1) is 0 Å². The van der Waals surface area contributed by atoms with Gasteiger partial charge in [0.1, 0.15) is 5.75 Å². The van der Waals surface area contributed by atoms with Crippen LogP contribution in [-0.2, 0) is 11.3 Å². The van der Waals surface area contributed by atoms with Crippen LogP contribution in [0.4, 0.5) is 5.69 Å². The number of esters is 1. The molecule has 6 heteroatoms. The van der Waals surface area contributed by atoms with Crippen LogP contribution in [0, 0.1) is 0 Å². The van der Waals surface area contributed by atoms with Gasteiger partial charge in [0, 0.05) is 12.2 Å². The van der Waals surface area contributed by atoms with E-state index in [9.17, 15) is 4.79 Å². The Morgan fingerprint density at radius 1 is 1.17 bits per heavy atom. The molecule has 0 aliphatic heterocycles. The van der Waals surface area contributed by atoms with Crippen molar-refractivity contribution in [3.63, 3.8) is 0 Å². The molecule has 0 bridgehead atoms. The molecule has 0 saturated heterocycles. The van der Waals surface area contributed by atoms with Gasteiger partial charge in [-0.2, -0.15) is 0 Å². The van der Waals surface area contributed by atoms with Crippen molar-refractivity contribution >= 4 is 29.0 Å². The van der Waals surface area contributed by atoms with Gasteiger partial charge in [0.05, 0.1) is 19.3 Å². The molecule has 0 spiro atoms. The molecule has 0 aliphatic carbocycles. The third-order valence-electron chi connectivity index (χ3n) is 3.20.